The first-order chi connectivity index (χ1) is 8.79. The monoisotopic (exact) mass is 280 g/mol. The zero-order chi connectivity index (χ0) is 14.6. The molecule has 0 radical (unpaired) electrons. The normalized spacial score (nSPS) is 11.7. The summed E-state index contributed by atoms with van der Waals surface area (Å²) in [7, 11) is 0. The maximum Gasteiger partial charge on any atom is 0.416 e. The van der Waals surface area contributed by atoms with Crippen LogP contribution in [0.5, 0.6) is 0 Å². The summed E-state index contributed by atoms with van der Waals surface area (Å²) in [4.78, 5) is 9.76. The van der Waals surface area contributed by atoms with Crippen LogP contribution in [-0.2, 0) is 6.18 Å². The van der Waals surface area contributed by atoms with Gasteiger partial charge in [0.1, 0.15) is 5.69 Å². The van der Waals surface area contributed by atoms with E-state index in [2.05, 4.69) is 5.32 Å². The van der Waals surface area contributed by atoms with Gasteiger partial charge in [-0.05, 0) is 12.1 Å². The van der Waals surface area contributed by atoms with E-state index < -0.39 is 41.6 Å². The molecule has 6 nitrogen and oxygen atoms in total. The number of nitro groups is 1. The van der Waals surface area contributed by atoms with Gasteiger partial charge in [0, 0.05) is 6.07 Å². The first-order valence-electron chi connectivity index (χ1n) is 5.13. The lowest BCUT2D eigenvalue weighted by molar-refractivity contribution is -0.384. The molecule has 0 bridgehead atoms. The van der Waals surface area contributed by atoms with Crippen LogP contribution < -0.4 is 5.32 Å². The van der Waals surface area contributed by atoms with Crippen molar-refractivity contribution in [3.05, 3.63) is 33.9 Å². The van der Waals surface area contributed by atoms with Gasteiger partial charge in [-0.25, -0.2) is 0 Å². The van der Waals surface area contributed by atoms with E-state index in [9.17, 15) is 23.3 Å². The second-order valence-electron chi connectivity index (χ2n) is 3.69. The molecule has 0 saturated carbocycles. The van der Waals surface area contributed by atoms with Crippen LogP contribution >= 0.6 is 0 Å². The highest BCUT2D eigenvalue weighted by atomic mass is 19.4. The molecule has 0 aliphatic heterocycles. The molecule has 9 heteroatoms. The second kappa shape index (κ2) is 5.85. The number of nitro benzene ring substituents is 1. The van der Waals surface area contributed by atoms with E-state index in [4.69, 9.17) is 10.2 Å². The molecule has 3 N–H and O–H groups in total. The summed E-state index contributed by atoms with van der Waals surface area (Å²) in [5.41, 5.74) is -2.12. The van der Waals surface area contributed by atoms with E-state index in [1.54, 1.807) is 0 Å². The highest BCUT2D eigenvalue weighted by molar-refractivity contribution is 5.63. The molecule has 0 fully saturated rings. The van der Waals surface area contributed by atoms with Crippen molar-refractivity contribution in [1.29, 1.82) is 0 Å². The Hall–Kier alpha value is -1.87. The summed E-state index contributed by atoms with van der Waals surface area (Å²) in [6.45, 7) is -1.04. The minimum atomic E-state index is -4.68. The fourth-order valence-electron chi connectivity index (χ4n) is 1.35. The molecule has 0 amide bonds. The number of halogens is 3. The number of benzene rings is 1. The van der Waals surface area contributed by atoms with E-state index >= 15 is 0 Å². The Morgan fingerprint density at radius 2 is 1.89 bits per heavy atom. The first kappa shape index (κ1) is 15.2. The Morgan fingerprint density at radius 3 is 2.32 bits per heavy atom. The highest BCUT2D eigenvalue weighted by Gasteiger charge is 2.33. The largest absolute Gasteiger partial charge is 0.416 e. The number of nitrogens with zero attached hydrogens (tertiary/aromatic N) is 1. The maximum atomic E-state index is 12.4. The molecule has 106 valence electrons. The van der Waals surface area contributed by atoms with Crippen molar-refractivity contribution in [3.8, 4) is 0 Å². The molecule has 0 unspecified atom stereocenters. The molecule has 0 aromatic heterocycles. The van der Waals surface area contributed by atoms with E-state index in [0.717, 1.165) is 6.07 Å². The molecule has 0 aliphatic carbocycles. The van der Waals surface area contributed by atoms with Crippen LogP contribution in [0.2, 0.25) is 0 Å². The molecule has 0 heterocycles. The molecule has 0 saturated heterocycles. The van der Waals surface area contributed by atoms with Crippen LogP contribution in [-0.4, -0.2) is 34.4 Å². The number of anilines is 1. The second-order valence-corrected chi connectivity index (χ2v) is 3.69. The number of alkyl halides is 3. The smallest absolute Gasteiger partial charge is 0.394 e. The Kier molecular flexibility index (Phi) is 4.67. The van der Waals surface area contributed by atoms with Gasteiger partial charge in [-0.3, -0.25) is 10.1 Å². The number of nitrogens with one attached hydrogen (secondary N) is 1. The van der Waals surface area contributed by atoms with Gasteiger partial charge in [-0.1, -0.05) is 0 Å². The number of hydrogen-bond donors (Lipinski definition) is 3. The third-order valence-electron chi connectivity index (χ3n) is 2.32. The Labute approximate surface area is 105 Å². The number of hydrogen-bond acceptors (Lipinski definition) is 5. The summed E-state index contributed by atoms with van der Waals surface area (Å²) in [5, 5.41) is 30.8. The van der Waals surface area contributed by atoms with Crippen LogP contribution in [0.4, 0.5) is 24.5 Å². The molecule has 0 atom stereocenters. The van der Waals surface area contributed by atoms with Gasteiger partial charge < -0.3 is 15.5 Å². The lowest BCUT2D eigenvalue weighted by Gasteiger charge is -2.15. The van der Waals surface area contributed by atoms with Crippen LogP contribution in [0.15, 0.2) is 18.2 Å². The van der Waals surface area contributed by atoms with Crippen LogP contribution in [0.25, 0.3) is 0 Å². The Morgan fingerprint density at radius 1 is 1.32 bits per heavy atom. The van der Waals surface area contributed by atoms with Crippen molar-refractivity contribution in [2.24, 2.45) is 0 Å². The maximum absolute atomic E-state index is 12.4. The van der Waals surface area contributed by atoms with Crippen LogP contribution in [0, 0.1) is 10.1 Å². The van der Waals surface area contributed by atoms with Crippen molar-refractivity contribution in [1.82, 2.24) is 0 Å². The van der Waals surface area contributed by atoms with E-state index in [1.165, 1.54) is 0 Å². The molecule has 1 aromatic carbocycles. The summed E-state index contributed by atoms with van der Waals surface area (Å²) in [6, 6.07) is 1.07. The number of aliphatic hydroxyl groups is 2. The van der Waals surface area contributed by atoms with Gasteiger partial charge in [0.05, 0.1) is 29.7 Å². The standard InChI is InChI=1S/C10H11F3N2O4/c11-10(12,13)6-1-2-8(9(3-6)15(18)19)14-7(4-16)5-17/h1-3,7,14,16-17H,4-5H2. The van der Waals surface area contributed by atoms with Crippen LogP contribution in [0.1, 0.15) is 5.56 Å². The average molecular weight is 280 g/mol. The average Bonchev–Trinajstić information content (AvgIpc) is 2.34. The summed E-state index contributed by atoms with van der Waals surface area (Å²) >= 11 is 0. The van der Waals surface area contributed by atoms with Crippen molar-refractivity contribution in [2.45, 2.75) is 12.2 Å². The third kappa shape index (κ3) is 3.80. The Bertz CT molecular complexity index is 461. The highest BCUT2D eigenvalue weighted by Crippen LogP contribution is 2.35. The molecule has 0 aliphatic rings. The lowest BCUT2D eigenvalue weighted by atomic mass is 10.1. The van der Waals surface area contributed by atoms with Gasteiger partial charge in [-0.15, -0.1) is 0 Å². The molecule has 1 rings (SSSR count). The predicted octanol–water partition coefficient (Wildman–Crippen LogP) is 1.38. The predicted molar refractivity (Wildman–Crippen MR) is 59.7 cm³/mol. The third-order valence-corrected chi connectivity index (χ3v) is 2.32. The van der Waals surface area contributed by atoms with Crippen LogP contribution in [0.3, 0.4) is 0 Å². The quantitative estimate of drug-likeness (QED) is 0.559. The minimum absolute atomic E-state index is 0.203. The lowest BCUT2D eigenvalue weighted by Crippen LogP contribution is -2.28. The van der Waals surface area contributed by atoms with Gasteiger partial charge in [0.15, 0.2) is 0 Å². The van der Waals surface area contributed by atoms with E-state index in [0.29, 0.717) is 12.1 Å². The number of rotatable bonds is 5. The van der Waals surface area contributed by atoms with Gasteiger partial charge in [-0.2, -0.15) is 13.2 Å². The Balaban J connectivity index is 3.15. The minimum Gasteiger partial charge on any atom is -0.394 e. The van der Waals surface area contributed by atoms with Crippen molar-refractivity contribution in [2.75, 3.05) is 18.5 Å². The van der Waals surface area contributed by atoms with Crippen molar-refractivity contribution >= 4 is 11.4 Å². The summed E-state index contributed by atoms with van der Waals surface area (Å²) in [5.74, 6) is 0. The molecular weight excluding hydrogens is 269 g/mol. The fourth-order valence-corrected chi connectivity index (χ4v) is 1.35. The van der Waals surface area contributed by atoms with Crippen molar-refractivity contribution < 1.29 is 28.3 Å². The van der Waals surface area contributed by atoms with Gasteiger partial charge in [0.25, 0.3) is 5.69 Å². The van der Waals surface area contributed by atoms with Gasteiger partial charge >= 0.3 is 6.18 Å². The molecule has 1 aromatic rings. The zero-order valence-electron chi connectivity index (χ0n) is 9.52. The first-order valence-corrected chi connectivity index (χ1v) is 5.13. The molecule has 19 heavy (non-hydrogen) atoms. The van der Waals surface area contributed by atoms with E-state index in [-0.39, 0.29) is 5.69 Å². The zero-order valence-corrected chi connectivity index (χ0v) is 9.52. The molecule has 0 spiro atoms. The fraction of sp³-hybridized carbons (Fsp3) is 0.400. The summed E-state index contributed by atoms with van der Waals surface area (Å²) in [6.07, 6.45) is -4.68. The van der Waals surface area contributed by atoms with Crippen molar-refractivity contribution in [3.63, 3.8) is 0 Å². The topological polar surface area (TPSA) is 95.6 Å². The van der Waals surface area contributed by atoms with E-state index in [1.807, 2.05) is 0 Å². The number of aliphatic hydroxyl groups excluding tert-OH is 2. The molecular formula is C10H11F3N2O4. The summed E-state index contributed by atoms with van der Waals surface area (Å²) < 4.78 is 37.3. The van der Waals surface area contributed by atoms with Gasteiger partial charge in [0.2, 0.25) is 0 Å². The SMILES string of the molecule is O=[N+]([O-])c1cc(C(F)(F)F)ccc1NC(CO)CO.